The number of carbonyl (C=O) groups excluding carboxylic acids is 2. The molecule has 0 fully saturated rings. The highest BCUT2D eigenvalue weighted by Crippen LogP contribution is 2.14. The van der Waals surface area contributed by atoms with E-state index in [1.54, 1.807) is 38.1 Å². The van der Waals surface area contributed by atoms with Gasteiger partial charge in [-0.2, -0.15) is 0 Å². The van der Waals surface area contributed by atoms with E-state index in [-0.39, 0.29) is 6.54 Å². The lowest BCUT2D eigenvalue weighted by Crippen LogP contribution is -2.41. The Kier molecular flexibility index (Phi) is 6.65. The minimum atomic E-state index is -0.926. The lowest BCUT2D eigenvalue weighted by atomic mass is 10.0. The number of amides is 3. The Hall–Kier alpha value is -2.28. The van der Waals surface area contributed by atoms with E-state index in [1.807, 2.05) is 6.92 Å². The van der Waals surface area contributed by atoms with Crippen molar-refractivity contribution in [1.82, 2.24) is 5.32 Å². The third kappa shape index (κ3) is 6.45. The predicted molar refractivity (Wildman–Crippen MR) is 85.0 cm³/mol. The van der Waals surface area contributed by atoms with Crippen LogP contribution >= 0.6 is 0 Å². The van der Waals surface area contributed by atoms with Gasteiger partial charge in [-0.05, 0) is 44.5 Å². The largest absolute Gasteiger partial charge is 0.450 e. The van der Waals surface area contributed by atoms with Gasteiger partial charge in [-0.15, -0.1) is 0 Å². The maximum Gasteiger partial charge on any atom is 0.411 e. The van der Waals surface area contributed by atoms with Crippen LogP contribution in [0.5, 0.6) is 0 Å². The van der Waals surface area contributed by atoms with Gasteiger partial charge in [0, 0.05) is 17.9 Å². The standard InChI is InChI=1S/C15H23N3O4/c1-4-15(3,21)10-16-13(19)17-11-6-8-12(9-7-11)18-14(20)22-5-2/h6-9,21H,4-5,10H2,1-3H3,(H,18,20)(H2,16,17,19)/t15-/m1/s1. The van der Waals surface area contributed by atoms with Gasteiger partial charge >= 0.3 is 12.1 Å². The molecule has 0 aliphatic heterocycles. The van der Waals surface area contributed by atoms with Gasteiger partial charge in [-0.3, -0.25) is 5.32 Å². The highest BCUT2D eigenvalue weighted by Gasteiger charge is 2.18. The van der Waals surface area contributed by atoms with Crippen molar-refractivity contribution in [3.05, 3.63) is 24.3 Å². The normalized spacial score (nSPS) is 12.9. The number of hydrogen-bond donors (Lipinski definition) is 4. The van der Waals surface area contributed by atoms with Gasteiger partial charge in [-0.25, -0.2) is 9.59 Å². The summed E-state index contributed by atoms with van der Waals surface area (Å²) in [5.74, 6) is 0. The average molecular weight is 309 g/mol. The summed E-state index contributed by atoms with van der Waals surface area (Å²) in [5.41, 5.74) is 0.214. The minimum Gasteiger partial charge on any atom is -0.450 e. The number of rotatable bonds is 6. The molecule has 0 spiro atoms. The second-order valence-corrected chi connectivity index (χ2v) is 5.08. The van der Waals surface area contributed by atoms with Crippen LogP contribution in [0.4, 0.5) is 21.0 Å². The topological polar surface area (TPSA) is 99.7 Å². The van der Waals surface area contributed by atoms with Crippen molar-refractivity contribution in [2.75, 3.05) is 23.8 Å². The van der Waals surface area contributed by atoms with Crippen LogP contribution in [0.25, 0.3) is 0 Å². The van der Waals surface area contributed by atoms with E-state index in [1.165, 1.54) is 0 Å². The third-order valence-corrected chi connectivity index (χ3v) is 3.06. The molecule has 3 amide bonds. The molecule has 4 N–H and O–H groups in total. The molecule has 1 atom stereocenters. The van der Waals surface area contributed by atoms with Crippen LogP contribution < -0.4 is 16.0 Å². The highest BCUT2D eigenvalue weighted by atomic mass is 16.5. The van der Waals surface area contributed by atoms with E-state index in [0.717, 1.165) is 0 Å². The molecule has 1 aromatic carbocycles. The van der Waals surface area contributed by atoms with E-state index in [0.29, 0.717) is 24.4 Å². The van der Waals surface area contributed by atoms with Crippen molar-refractivity contribution < 1.29 is 19.4 Å². The number of urea groups is 1. The van der Waals surface area contributed by atoms with Crippen LogP contribution in [0.2, 0.25) is 0 Å². The van der Waals surface area contributed by atoms with Crippen LogP contribution in [0.1, 0.15) is 27.2 Å². The van der Waals surface area contributed by atoms with Crippen LogP contribution in [-0.4, -0.2) is 36.0 Å². The van der Waals surface area contributed by atoms with Gasteiger partial charge in [0.15, 0.2) is 0 Å². The zero-order valence-electron chi connectivity index (χ0n) is 13.1. The first-order chi connectivity index (χ1) is 10.4. The summed E-state index contributed by atoms with van der Waals surface area (Å²) in [4.78, 5) is 22.9. The molecule has 0 saturated carbocycles. The molecular formula is C15H23N3O4. The summed E-state index contributed by atoms with van der Waals surface area (Å²) < 4.78 is 4.76. The summed E-state index contributed by atoms with van der Waals surface area (Å²) >= 11 is 0. The second kappa shape index (κ2) is 8.23. The average Bonchev–Trinajstić information content (AvgIpc) is 2.48. The monoisotopic (exact) mass is 309 g/mol. The fourth-order valence-electron chi connectivity index (χ4n) is 1.49. The number of hydrogen-bond acceptors (Lipinski definition) is 4. The second-order valence-electron chi connectivity index (χ2n) is 5.08. The van der Waals surface area contributed by atoms with Crippen LogP contribution in [0.3, 0.4) is 0 Å². The molecule has 122 valence electrons. The van der Waals surface area contributed by atoms with Gasteiger partial charge in [0.1, 0.15) is 0 Å². The number of ether oxygens (including phenoxy) is 1. The van der Waals surface area contributed by atoms with Crippen molar-refractivity contribution in [3.8, 4) is 0 Å². The number of nitrogens with one attached hydrogen (secondary N) is 3. The molecule has 7 heteroatoms. The van der Waals surface area contributed by atoms with E-state index in [4.69, 9.17) is 4.74 Å². The highest BCUT2D eigenvalue weighted by molar-refractivity contribution is 5.90. The quantitative estimate of drug-likeness (QED) is 0.649. The summed E-state index contributed by atoms with van der Waals surface area (Å²) in [7, 11) is 0. The van der Waals surface area contributed by atoms with Crippen molar-refractivity contribution >= 4 is 23.5 Å². The van der Waals surface area contributed by atoms with E-state index >= 15 is 0 Å². The van der Waals surface area contributed by atoms with Gasteiger partial charge in [0.2, 0.25) is 0 Å². The van der Waals surface area contributed by atoms with Gasteiger partial charge in [0.25, 0.3) is 0 Å². The Bertz CT molecular complexity index is 500. The summed E-state index contributed by atoms with van der Waals surface area (Å²) in [5, 5.41) is 17.6. The molecule has 0 aliphatic rings. The van der Waals surface area contributed by atoms with Crippen LogP contribution in [0, 0.1) is 0 Å². The zero-order chi connectivity index (χ0) is 16.6. The van der Waals surface area contributed by atoms with E-state index in [9.17, 15) is 14.7 Å². The Labute approximate surface area is 130 Å². The first kappa shape index (κ1) is 17.8. The van der Waals surface area contributed by atoms with Gasteiger partial charge < -0.3 is 20.5 Å². The number of benzene rings is 1. The molecule has 7 nitrogen and oxygen atoms in total. The SMILES string of the molecule is CCOC(=O)Nc1ccc(NC(=O)NC[C@](C)(O)CC)cc1. The van der Waals surface area contributed by atoms with Crippen molar-refractivity contribution in [2.45, 2.75) is 32.8 Å². The smallest absolute Gasteiger partial charge is 0.411 e. The van der Waals surface area contributed by atoms with Crippen molar-refractivity contribution in [1.29, 1.82) is 0 Å². The van der Waals surface area contributed by atoms with E-state index < -0.39 is 17.7 Å². The van der Waals surface area contributed by atoms with Crippen molar-refractivity contribution in [3.63, 3.8) is 0 Å². The first-order valence-corrected chi connectivity index (χ1v) is 7.17. The van der Waals surface area contributed by atoms with Gasteiger partial charge in [0.05, 0.1) is 12.2 Å². The number of aliphatic hydroxyl groups is 1. The van der Waals surface area contributed by atoms with Crippen LogP contribution in [-0.2, 0) is 4.74 Å². The molecule has 0 heterocycles. The molecule has 0 unspecified atom stereocenters. The van der Waals surface area contributed by atoms with Crippen molar-refractivity contribution in [2.24, 2.45) is 0 Å². The Balaban J connectivity index is 2.47. The molecule has 0 bridgehead atoms. The molecule has 0 aromatic heterocycles. The first-order valence-electron chi connectivity index (χ1n) is 7.17. The molecular weight excluding hydrogens is 286 g/mol. The third-order valence-electron chi connectivity index (χ3n) is 3.06. The predicted octanol–water partition coefficient (Wildman–Crippen LogP) is 2.54. The van der Waals surface area contributed by atoms with E-state index in [2.05, 4.69) is 16.0 Å². The molecule has 0 aliphatic carbocycles. The maximum atomic E-state index is 11.7. The Morgan fingerprint density at radius 1 is 1.14 bits per heavy atom. The fraction of sp³-hybridized carbons (Fsp3) is 0.467. The van der Waals surface area contributed by atoms with Gasteiger partial charge in [-0.1, -0.05) is 6.92 Å². The summed E-state index contributed by atoms with van der Waals surface area (Å²) in [6, 6.07) is 6.20. The summed E-state index contributed by atoms with van der Waals surface area (Å²) in [6.45, 7) is 5.68. The Morgan fingerprint density at radius 3 is 2.18 bits per heavy atom. The number of carbonyl (C=O) groups is 2. The zero-order valence-corrected chi connectivity index (χ0v) is 13.1. The molecule has 0 radical (unpaired) electrons. The lowest BCUT2D eigenvalue weighted by molar-refractivity contribution is 0.0587. The fourth-order valence-corrected chi connectivity index (χ4v) is 1.49. The Morgan fingerprint density at radius 2 is 1.68 bits per heavy atom. The maximum absolute atomic E-state index is 11.7. The molecule has 22 heavy (non-hydrogen) atoms. The molecule has 1 aromatic rings. The minimum absolute atomic E-state index is 0.165. The van der Waals surface area contributed by atoms with Crippen LogP contribution in [0.15, 0.2) is 24.3 Å². The lowest BCUT2D eigenvalue weighted by Gasteiger charge is -2.21. The summed E-state index contributed by atoms with van der Waals surface area (Å²) in [6.07, 6.45) is 0.0179. The molecule has 1 rings (SSSR count). The molecule has 0 saturated heterocycles. The number of anilines is 2.